The molecule has 0 aromatic heterocycles. The van der Waals surface area contributed by atoms with Crippen molar-refractivity contribution in [3.05, 3.63) is 0 Å². The van der Waals surface area contributed by atoms with Crippen LogP contribution in [0.25, 0.3) is 0 Å². The highest BCUT2D eigenvalue weighted by atomic mass is 16.5. The lowest BCUT2D eigenvalue weighted by atomic mass is 9.92. The van der Waals surface area contributed by atoms with Gasteiger partial charge < -0.3 is 20.5 Å². The van der Waals surface area contributed by atoms with E-state index in [0.717, 1.165) is 39.0 Å². The number of rotatable bonds is 6. The van der Waals surface area contributed by atoms with Gasteiger partial charge >= 0.3 is 0 Å². The van der Waals surface area contributed by atoms with Crippen LogP contribution in [0, 0.1) is 5.41 Å². The molecule has 0 aromatic rings. The Morgan fingerprint density at radius 2 is 2.00 bits per heavy atom. The molecule has 3 N–H and O–H groups in total. The third kappa shape index (κ3) is 4.78. The van der Waals surface area contributed by atoms with Crippen LogP contribution >= 0.6 is 0 Å². The Hall–Kier alpha value is -0.160. The Bertz CT molecular complexity index is 189. The Morgan fingerprint density at radius 3 is 2.50 bits per heavy atom. The lowest BCUT2D eigenvalue weighted by Crippen LogP contribution is -2.44. The zero-order chi connectivity index (χ0) is 12.0. The average molecular weight is 230 g/mol. The van der Waals surface area contributed by atoms with Crippen molar-refractivity contribution in [3.63, 3.8) is 0 Å². The fraction of sp³-hybridized carbons (Fsp3) is 1.00. The van der Waals surface area contributed by atoms with Crippen molar-refractivity contribution < 1.29 is 9.84 Å². The molecule has 0 saturated carbocycles. The van der Waals surface area contributed by atoms with Crippen molar-refractivity contribution in [2.24, 2.45) is 11.1 Å². The smallest absolute Gasteiger partial charge is 0.0701 e. The molecule has 0 unspecified atom stereocenters. The quantitative estimate of drug-likeness (QED) is 0.695. The van der Waals surface area contributed by atoms with E-state index in [0.29, 0.717) is 12.7 Å². The Balaban J connectivity index is 2.21. The SMILES string of the molecule is CC(C)(CN)CN1CCC(OCCO)CC1. The number of aliphatic hydroxyl groups excluding tert-OH is 1. The highest BCUT2D eigenvalue weighted by Gasteiger charge is 2.24. The molecule has 0 bridgehead atoms. The molecule has 16 heavy (non-hydrogen) atoms. The number of ether oxygens (including phenoxy) is 1. The summed E-state index contributed by atoms with van der Waals surface area (Å²) in [7, 11) is 0. The molecule has 1 aliphatic heterocycles. The molecule has 1 heterocycles. The topological polar surface area (TPSA) is 58.7 Å². The predicted molar refractivity (Wildman–Crippen MR) is 65.3 cm³/mol. The van der Waals surface area contributed by atoms with E-state index in [9.17, 15) is 0 Å². The molecule has 1 rings (SSSR count). The molecule has 0 aliphatic carbocycles. The fourth-order valence-corrected chi connectivity index (χ4v) is 2.12. The third-order valence-corrected chi connectivity index (χ3v) is 3.18. The summed E-state index contributed by atoms with van der Waals surface area (Å²) in [5.41, 5.74) is 5.94. The summed E-state index contributed by atoms with van der Waals surface area (Å²) in [6.45, 7) is 8.98. The molecule has 96 valence electrons. The molecule has 4 heteroatoms. The average Bonchev–Trinajstić information content (AvgIpc) is 2.28. The van der Waals surface area contributed by atoms with E-state index in [1.54, 1.807) is 0 Å². The Labute approximate surface area is 98.8 Å². The van der Waals surface area contributed by atoms with E-state index in [4.69, 9.17) is 15.6 Å². The van der Waals surface area contributed by atoms with Crippen LogP contribution in [0.15, 0.2) is 0 Å². The summed E-state index contributed by atoms with van der Waals surface area (Å²) in [6, 6.07) is 0. The predicted octanol–water partition coefficient (Wildman–Crippen LogP) is 0.445. The molecule has 1 fully saturated rings. The van der Waals surface area contributed by atoms with Crippen LogP contribution in [0.1, 0.15) is 26.7 Å². The van der Waals surface area contributed by atoms with Crippen molar-refractivity contribution in [2.75, 3.05) is 39.4 Å². The van der Waals surface area contributed by atoms with Gasteiger partial charge in [-0.2, -0.15) is 0 Å². The maximum absolute atomic E-state index is 8.68. The summed E-state index contributed by atoms with van der Waals surface area (Å²) >= 11 is 0. The maximum atomic E-state index is 8.68. The monoisotopic (exact) mass is 230 g/mol. The van der Waals surface area contributed by atoms with E-state index in [1.807, 2.05) is 0 Å². The van der Waals surface area contributed by atoms with Gasteiger partial charge in [0, 0.05) is 19.6 Å². The fourth-order valence-electron chi connectivity index (χ4n) is 2.12. The number of aliphatic hydroxyl groups is 1. The molecule has 1 saturated heterocycles. The first-order valence-corrected chi connectivity index (χ1v) is 6.22. The summed E-state index contributed by atoms with van der Waals surface area (Å²) in [6.07, 6.45) is 2.48. The second-order valence-electron chi connectivity index (χ2n) is 5.44. The van der Waals surface area contributed by atoms with Crippen molar-refractivity contribution in [1.29, 1.82) is 0 Å². The van der Waals surface area contributed by atoms with Gasteiger partial charge in [0.1, 0.15) is 0 Å². The second kappa shape index (κ2) is 6.55. The molecule has 0 amide bonds. The van der Waals surface area contributed by atoms with Gasteiger partial charge in [0.25, 0.3) is 0 Å². The minimum atomic E-state index is 0.125. The molecule has 0 radical (unpaired) electrons. The van der Waals surface area contributed by atoms with Gasteiger partial charge in [0.2, 0.25) is 0 Å². The summed E-state index contributed by atoms with van der Waals surface area (Å²) in [5.74, 6) is 0. The van der Waals surface area contributed by atoms with Crippen LogP contribution in [-0.4, -0.2) is 55.5 Å². The van der Waals surface area contributed by atoms with Gasteiger partial charge in [-0.05, 0) is 24.8 Å². The van der Waals surface area contributed by atoms with Crippen LogP contribution in [-0.2, 0) is 4.74 Å². The third-order valence-electron chi connectivity index (χ3n) is 3.18. The van der Waals surface area contributed by atoms with Crippen LogP contribution < -0.4 is 5.73 Å². The molecular weight excluding hydrogens is 204 g/mol. The summed E-state index contributed by atoms with van der Waals surface area (Å²) in [4.78, 5) is 2.46. The lowest BCUT2D eigenvalue weighted by molar-refractivity contribution is -0.0126. The summed E-state index contributed by atoms with van der Waals surface area (Å²) in [5, 5.41) is 8.68. The minimum Gasteiger partial charge on any atom is -0.394 e. The lowest BCUT2D eigenvalue weighted by Gasteiger charge is -2.36. The molecule has 0 spiro atoms. The Kier molecular flexibility index (Phi) is 5.69. The van der Waals surface area contributed by atoms with Crippen molar-refractivity contribution in [2.45, 2.75) is 32.8 Å². The van der Waals surface area contributed by atoms with Crippen molar-refractivity contribution in [1.82, 2.24) is 4.90 Å². The summed E-state index contributed by atoms with van der Waals surface area (Å²) < 4.78 is 5.54. The van der Waals surface area contributed by atoms with Gasteiger partial charge in [-0.25, -0.2) is 0 Å². The van der Waals surface area contributed by atoms with Crippen LogP contribution in [0.5, 0.6) is 0 Å². The number of piperidine rings is 1. The van der Waals surface area contributed by atoms with E-state index in [-0.39, 0.29) is 12.0 Å². The van der Waals surface area contributed by atoms with Gasteiger partial charge in [0.05, 0.1) is 19.3 Å². The second-order valence-corrected chi connectivity index (χ2v) is 5.44. The Morgan fingerprint density at radius 1 is 1.38 bits per heavy atom. The zero-order valence-corrected chi connectivity index (χ0v) is 10.6. The normalized spacial score (nSPS) is 20.2. The number of nitrogens with zero attached hydrogens (tertiary/aromatic N) is 1. The number of hydrogen-bond donors (Lipinski definition) is 2. The number of hydrogen-bond acceptors (Lipinski definition) is 4. The van der Waals surface area contributed by atoms with E-state index < -0.39 is 0 Å². The van der Waals surface area contributed by atoms with Crippen molar-refractivity contribution >= 4 is 0 Å². The molecular formula is C12H26N2O2. The number of likely N-dealkylation sites (tertiary alicyclic amines) is 1. The largest absolute Gasteiger partial charge is 0.394 e. The first kappa shape index (κ1) is 13.9. The van der Waals surface area contributed by atoms with Crippen LogP contribution in [0.2, 0.25) is 0 Å². The highest BCUT2D eigenvalue weighted by Crippen LogP contribution is 2.20. The molecule has 0 atom stereocenters. The first-order valence-electron chi connectivity index (χ1n) is 6.22. The van der Waals surface area contributed by atoms with Gasteiger partial charge in [-0.3, -0.25) is 0 Å². The van der Waals surface area contributed by atoms with Crippen molar-refractivity contribution in [3.8, 4) is 0 Å². The van der Waals surface area contributed by atoms with Crippen LogP contribution in [0.4, 0.5) is 0 Å². The standard InChI is InChI=1S/C12H26N2O2/c1-12(2,9-13)10-14-5-3-11(4-6-14)16-8-7-15/h11,15H,3-10,13H2,1-2H3. The van der Waals surface area contributed by atoms with E-state index in [2.05, 4.69) is 18.7 Å². The highest BCUT2D eigenvalue weighted by molar-refractivity contribution is 4.79. The zero-order valence-electron chi connectivity index (χ0n) is 10.6. The van der Waals surface area contributed by atoms with Gasteiger partial charge in [-0.1, -0.05) is 13.8 Å². The molecule has 0 aromatic carbocycles. The number of nitrogens with two attached hydrogens (primary N) is 1. The van der Waals surface area contributed by atoms with Gasteiger partial charge in [-0.15, -0.1) is 0 Å². The molecule has 1 aliphatic rings. The van der Waals surface area contributed by atoms with Crippen LogP contribution in [0.3, 0.4) is 0 Å². The van der Waals surface area contributed by atoms with Gasteiger partial charge in [0.15, 0.2) is 0 Å². The minimum absolute atomic E-state index is 0.125. The van der Waals surface area contributed by atoms with E-state index in [1.165, 1.54) is 0 Å². The maximum Gasteiger partial charge on any atom is 0.0701 e. The first-order chi connectivity index (χ1) is 7.57. The molecule has 4 nitrogen and oxygen atoms in total. The van der Waals surface area contributed by atoms with E-state index >= 15 is 0 Å².